The van der Waals surface area contributed by atoms with Crippen molar-refractivity contribution in [3.05, 3.63) is 62.6 Å². The van der Waals surface area contributed by atoms with Crippen LogP contribution in [0, 0.1) is 6.92 Å². The Labute approximate surface area is 138 Å². The van der Waals surface area contributed by atoms with E-state index in [9.17, 15) is 4.79 Å². The third-order valence-corrected chi connectivity index (χ3v) is 4.67. The molecule has 1 aliphatic heterocycles. The summed E-state index contributed by atoms with van der Waals surface area (Å²) in [6, 6.07) is 9.26. The first-order valence-electron chi connectivity index (χ1n) is 6.48. The number of rotatable bonds is 2. The normalized spacial score (nSPS) is 14.8. The summed E-state index contributed by atoms with van der Waals surface area (Å²) in [4.78, 5) is 11.5. The maximum Gasteiger partial charge on any atom is 0.228 e. The van der Waals surface area contributed by atoms with Gasteiger partial charge in [-0.25, -0.2) is 0 Å². The van der Waals surface area contributed by atoms with Gasteiger partial charge in [-0.3, -0.25) is 4.79 Å². The lowest BCUT2D eigenvalue weighted by molar-refractivity contribution is -0.115. The first-order valence-corrected chi connectivity index (χ1v) is 7.67. The van der Waals surface area contributed by atoms with Crippen molar-refractivity contribution in [1.29, 1.82) is 0 Å². The summed E-state index contributed by atoms with van der Waals surface area (Å²) in [5, 5.41) is 3.54. The van der Waals surface area contributed by atoms with E-state index in [1.165, 1.54) is 0 Å². The van der Waals surface area contributed by atoms with Crippen LogP contribution in [0.1, 0.15) is 27.6 Å². The molecule has 1 atom stereocenters. The van der Waals surface area contributed by atoms with E-state index in [0.717, 1.165) is 27.9 Å². The maximum atomic E-state index is 11.5. The van der Waals surface area contributed by atoms with E-state index in [1.54, 1.807) is 6.07 Å². The number of amides is 1. The fraction of sp³-hybridized carbons (Fsp3) is 0.188. The monoisotopic (exact) mass is 339 g/mol. The first kappa shape index (κ1) is 14.7. The Kier molecular flexibility index (Phi) is 3.87. The number of anilines is 1. The van der Waals surface area contributed by atoms with Crippen LogP contribution in [0.2, 0.25) is 10.0 Å². The van der Waals surface area contributed by atoms with Gasteiger partial charge in [-0.05, 0) is 53.4 Å². The van der Waals surface area contributed by atoms with Crippen molar-refractivity contribution in [3.8, 4) is 0 Å². The average Bonchev–Trinajstić information content (AvgIpc) is 2.79. The van der Waals surface area contributed by atoms with Crippen molar-refractivity contribution in [3.63, 3.8) is 0 Å². The average molecular weight is 341 g/mol. The molecule has 0 fully saturated rings. The van der Waals surface area contributed by atoms with E-state index < -0.39 is 5.38 Å². The molecule has 1 amide bonds. The van der Waals surface area contributed by atoms with Crippen molar-refractivity contribution in [2.24, 2.45) is 0 Å². The molecule has 0 bridgehead atoms. The number of carbonyl (C=O) groups excluding carboxylic acids is 1. The molecule has 0 aliphatic carbocycles. The molecule has 3 rings (SSSR count). The number of nitrogens with one attached hydrogen (secondary N) is 1. The van der Waals surface area contributed by atoms with Crippen LogP contribution < -0.4 is 5.32 Å². The van der Waals surface area contributed by atoms with Crippen LogP contribution >= 0.6 is 34.8 Å². The highest BCUT2D eigenvalue weighted by molar-refractivity contribution is 6.34. The zero-order valence-electron chi connectivity index (χ0n) is 11.2. The molecule has 2 aromatic carbocycles. The quantitative estimate of drug-likeness (QED) is 0.755. The Balaban J connectivity index is 2.06. The fourth-order valence-corrected chi connectivity index (χ4v) is 3.44. The van der Waals surface area contributed by atoms with E-state index in [4.69, 9.17) is 34.8 Å². The molecule has 1 N–H and O–H groups in total. The first-order chi connectivity index (χ1) is 9.95. The number of halogens is 3. The molecule has 21 heavy (non-hydrogen) atoms. The summed E-state index contributed by atoms with van der Waals surface area (Å²) < 4.78 is 0. The summed E-state index contributed by atoms with van der Waals surface area (Å²) in [6.07, 6.45) is 0.359. The van der Waals surface area contributed by atoms with Gasteiger partial charge in [-0.2, -0.15) is 0 Å². The Hall–Kier alpha value is -1.22. The highest BCUT2D eigenvalue weighted by atomic mass is 35.5. The fourth-order valence-electron chi connectivity index (χ4n) is 2.51. The van der Waals surface area contributed by atoms with Gasteiger partial charge < -0.3 is 5.32 Å². The van der Waals surface area contributed by atoms with Crippen molar-refractivity contribution in [1.82, 2.24) is 0 Å². The van der Waals surface area contributed by atoms with Crippen LogP contribution in [-0.2, 0) is 11.2 Å². The van der Waals surface area contributed by atoms with Crippen molar-refractivity contribution < 1.29 is 4.79 Å². The molecule has 1 heterocycles. The lowest BCUT2D eigenvalue weighted by atomic mass is 9.98. The predicted molar refractivity (Wildman–Crippen MR) is 87.7 cm³/mol. The van der Waals surface area contributed by atoms with Gasteiger partial charge in [0.25, 0.3) is 0 Å². The molecule has 108 valence electrons. The Morgan fingerprint density at radius 1 is 1.14 bits per heavy atom. The SMILES string of the molecule is Cc1ccc(Cl)cc1C(Cl)c1cc2c(cc1Cl)NC(=O)C2. The molecule has 1 aliphatic rings. The number of carbonyl (C=O) groups is 1. The molecule has 0 saturated carbocycles. The lowest BCUT2D eigenvalue weighted by Crippen LogP contribution is -2.03. The van der Waals surface area contributed by atoms with Crippen molar-refractivity contribution >= 4 is 46.4 Å². The van der Waals surface area contributed by atoms with E-state index >= 15 is 0 Å². The second-order valence-corrected chi connectivity index (χ2v) is 6.40. The molecule has 0 spiro atoms. The van der Waals surface area contributed by atoms with Crippen LogP contribution in [0.25, 0.3) is 0 Å². The van der Waals surface area contributed by atoms with Gasteiger partial charge in [0.2, 0.25) is 5.91 Å². The molecule has 0 saturated heterocycles. The summed E-state index contributed by atoms with van der Waals surface area (Å²) >= 11 is 19.0. The van der Waals surface area contributed by atoms with Crippen LogP contribution in [0.15, 0.2) is 30.3 Å². The Morgan fingerprint density at radius 3 is 2.67 bits per heavy atom. The molecule has 0 aromatic heterocycles. The molecule has 5 heteroatoms. The standard InChI is InChI=1S/C16H12Cl3NO/c1-8-2-3-10(17)6-11(8)16(19)12-4-9-5-15(21)20-14(9)7-13(12)18/h2-4,6-7,16H,5H2,1H3,(H,20,21). The smallest absolute Gasteiger partial charge is 0.228 e. The summed E-state index contributed by atoms with van der Waals surface area (Å²) in [5.74, 6) is -0.0247. The highest BCUT2D eigenvalue weighted by Gasteiger charge is 2.23. The van der Waals surface area contributed by atoms with E-state index in [1.807, 2.05) is 31.2 Å². The van der Waals surface area contributed by atoms with Crippen LogP contribution in [-0.4, -0.2) is 5.91 Å². The van der Waals surface area contributed by atoms with Gasteiger partial charge in [0, 0.05) is 15.7 Å². The van der Waals surface area contributed by atoms with Crippen molar-refractivity contribution in [2.75, 3.05) is 5.32 Å². The van der Waals surface area contributed by atoms with E-state index in [-0.39, 0.29) is 5.91 Å². The van der Waals surface area contributed by atoms with Crippen molar-refractivity contribution in [2.45, 2.75) is 18.7 Å². The minimum Gasteiger partial charge on any atom is -0.325 e. The van der Waals surface area contributed by atoms with E-state index in [0.29, 0.717) is 16.5 Å². The molecule has 2 aromatic rings. The van der Waals surface area contributed by atoms with Crippen LogP contribution in [0.4, 0.5) is 5.69 Å². The van der Waals surface area contributed by atoms with Gasteiger partial charge in [-0.1, -0.05) is 29.3 Å². The molecule has 2 nitrogen and oxygen atoms in total. The summed E-state index contributed by atoms with van der Waals surface area (Å²) in [6.45, 7) is 1.98. The summed E-state index contributed by atoms with van der Waals surface area (Å²) in [7, 11) is 0. The number of aryl methyl sites for hydroxylation is 1. The summed E-state index contributed by atoms with van der Waals surface area (Å²) in [5.41, 5.74) is 4.44. The lowest BCUT2D eigenvalue weighted by Gasteiger charge is -2.16. The largest absolute Gasteiger partial charge is 0.325 e. The number of hydrogen-bond acceptors (Lipinski definition) is 1. The second-order valence-electron chi connectivity index (χ2n) is 5.12. The minimum absolute atomic E-state index is 0.0247. The number of alkyl halides is 1. The van der Waals surface area contributed by atoms with Crippen LogP contribution in [0.5, 0.6) is 0 Å². The Bertz CT molecular complexity index is 743. The zero-order valence-corrected chi connectivity index (χ0v) is 13.5. The second kappa shape index (κ2) is 5.53. The highest BCUT2D eigenvalue weighted by Crippen LogP contribution is 2.39. The molecule has 0 radical (unpaired) electrons. The number of benzene rings is 2. The van der Waals surface area contributed by atoms with Gasteiger partial charge in [0.1, 0.15) is 0 Å². The van der Waals surface area contributed by atoms with Gasteiger partial charge in [0.05, 0.1) is 11.8 Å². The zero-order chi connectivity index (χ0) is 15.1. The van der Waals surface area contributed by atoms with Gasteiger partial charge in [0.15, 0.2) is 0 Å². The van der Waals surface area contributed by atoms with E-state index in [2.05, 4.69) is 5.32 Å². The molecular weight excluding hydrogens is 329 g/mol. The topological polar surface area (TPSA) is 29.1 Å². The number of fused-ring (bicyclic) bond motifs is 1. The third-order valence-electron chi connectivity index (χ3n) is 3.64. The van der Waals surface area contributed by atoms with Gasteiger partial charge in [-0.15, -0.1) is 11.6 Å². The minimum atomic E-state index is -0.405. The maximum absolute atomic E-state index is 11.5. The van der Waals surface area contributed by atoms with Crippen LogP contribution in [0.3, 0.4) is 0 Å². The van der Waals surface area contributed by atoms with Gasteiger partial charge >= 0.3 is 0 Å². The predicted octanol–water partition coefficient (Wildman–Crippen LogP) is 5.12. The Morgan fingerprint density at radius 2 is 1.90 bits per heavy atom. The third kappa shape index (κ3) is 2.76. The number of hydrogen-bond donors (Lipinski definition) is 1. The molecule has 1 unspecified atom stereocenters. The molecular formula is C16H12Cl3NO.